The maximum absolute atomic E-state index is 12.5. The van der Waals surface area contributed by atoms with Gasteiger partial charge in [0.15, 0.2) is 0 Å². The molecule has 0 aliphatic rings. The highest BCUT2D eigenvalue weighted by Crippen LogP contribution is 2.22. The first-order valence-corrected chi connectivity index (χ1v) is 12.7. The maximum Gasteiger partial charge on any atom is 0.263 e. The second-order valence-corrected chi connectivity index (χ2v) is 9.76. The molecule has 0 fully saturated rings. The fourth-order valence-electron chi connectivity index (χ4n) is 2.78. The number of unbranched alkanes of at least 4 members (excludes halogenated alkanes) is 2. The number of anilines is 2. The predicted octanol–water partition coefficient (Wildman–Crippen LogP) is 4.72. The number of benzene rings is 2. The first kappa shape index (κ1) is 23.7. The van der Waals surface area contributed by atoms with E-state index in [9.17, 15) is 13.2 Å². The van der Waals surface area contributed by atoms with Gasteiger partial charge in [0.05, 0.1) is 11.5 Å². The molecule has 3 rings (SSSR count). The number of hydrogen-bond donors (Lipinski definition) is 2. The van der Waals surface area contributed by atoms with Crippen LogP contribution in [0.3, 0.4) is 0 Å². The van der Waals surface area contributed by atoms with E-state index in [1.54, 1.807) is 24.3 Å². The number of nitrogens with zero attached hydrogens (tertiary/aromatic N) is 2. The highest BCUT2D eigenvalue weighted by Gasteiger charge is 2.17. The molecule has 0 aliphatic heterocycles. The van der Waals surface area contributed by atoms with E-state index in [1.807, 2.05) is 6.92 Å². The van der Waals surface area contributed by atoms with E-state index >= 15 is 0 Å². The Kier molecular flexibility index (Phi) is 8.18. The quantitative estimate of drug-likeness (QED) is 0.389. The maximum atomic E-state index is 12.5. The third kappa shape index (κ3) is 6.51. The zero-order valence-electron chi connectivity index (χ0n) is 18.0. The number of sulfonamides is 1. The lowest BCUT2D eigenvalue weighted by molar-refractivity contribution is 0.102. The van der Waals surface area contributed by atoms with Crippen molar-refractivity contribution >= 4 is 38.1 Å². The molecule has 3 aromatic rings. The lowest BCUT2D eigenvalue weighted by atomic mass is 10.2. The monoisotopic (exact) mass is 474 g/mol. The minimum atomic E-state index is -3.79. The molecular weight excluding hydrogens is 448 g/mol. The van der Waals surface area contributed by atoms with E-state index in [0.717, 1.165) is 30.0 Å². The molecule has 32 heavy (non-hydrogen) atoms. The van der Waals surface area contributed by atoms with Crippen LogP contribution in [0.5, 0.6) is 5.75 Å². The fraction of sp³-hybridized carbons (Fsp3) is 0.318. The summed E-state index contributed by atoms with van der Waals surface area (Å²) in [6.07, 6.45) is 3.94. The lowest BCUT2D eigenvalue weighted by Crippen LogP contribution is -2.14. The van der Waals surface area contributed by atoms with Crippen LogP contribution in [0, 0.1) is 0 Å². The van der Waals surface area contributed by atoms with Crippen LogP contribution in [-0.4, -0.2) is 31.1 Å². The van der Waals surface area contributed by atoms with Gasteiger partial charge in [-0.25, -0.2) is 8.42 Å². The van der Waals surface area contributed by atoms with E-state index < -0.39 is 10.0 Å². The SMILES string of the molecule is CCCCCOc1ccc(C(=O)Nc2ccc(S(=O)(=O)Nc3nnc(CC)s3)cc2)cc1. The smallest absolute Gasteiger partial charge is 0.263 e. The molecule has 0 spiro atoms. The van der Waals surface area contributed by atoms with Crippen molar-refractivity contribution < 1.29 is 17.9 Å². The molecule has 0 aliphatic carbocycles. The van der Waals surface area contributed by atoms with Crippen LogP contribution in [-0.2, 0) is 16.4 Å². The number of aryl methyl sites for hydroxylation is 1. The number of amides is 1. The summed E-state index contributed by atoms with van der Waals surface area (Å²) < 4.78 is 33.1. The van der Waals surface area contributed by atoms with Crippen molar-refractivity contribution in [3.05, 3.63) is 59.1 Å². The van der Waals surface area contributed by atoms with Crippen LogP contribution in [0.15, 0.2) is 53.4 Å². The molecule has 2 N–H and O–H groups in total. The Labute approximate surface area is 192 Å². The summed E-state index contributed by atoms with van der Waals surface area (Å²) in [6, 6.07) is 12.8. The zero-order valence-corrected chi connectivity index (χ0v) is 19.6. The summed E-state index contributed by atoms with van der Waals surface area (Å²) in [5.74, 6) is 0.429. The van der Waals surface area contributed by atoms with Gasteiger partial charge in [-0.3, -0.25) is 9.52 Å². The van der Waals surface area contributed by atoms with Crippen LogP contribution in [0.4, 0.5) is 10.8 Å². The van der Waals surface area contributed by atoms with Gasteiger partial charge < -0.3 is 10.1 Å². The predicted molar refractivity (Wildman–Crippen MR) is 126 cm³/mol. The highest BCUT2D eigenvalue weighted by atomic mass is 32.2. The molecule has 8 nitrogen and oxygen atoms in total. The Balaban J connectivity index is 1.58. The van der Waals surface area contributed by atoms with Gasteiger partial charge in [0.25, 0.3) is 15.9 Å². The molecule has 1 amide bonds. The summed E-state index contributed by atoms with van der Waals surface area (Å²) in [6.45, 7) is 4.71. The first-order valence-electron chi connectivity index (χ1n) is 10.4. The first-order chi connectivity index (χ1) is 15.4. The fourth-order valence-corrected chi connectivity index (χ4v) is 4.69. The van der Waals surface area contributed by atoms with E-state index in [2.05, 4.69) is 27.2 Å². The minimum Gasteiger partial charge on any atom is -0.494 e. The average molecular weight is 475 g/mol. The molecule has 0 radical (unpaired) electrons. The Morgan fingerprint density at radius 2 is 1.72 bits per heavy atom. The van der Waals surface area contributed by atoms with Crippen LogP contribution in [0.25, 0.3) is 0 Å². The minimum absolute atomic E-state index is 0.0633. The van der Waals surface area contributed by atoms with Crippen molar-refractivity contribution in [2.75, 3.05) is 16.6 Å². The largest absolute Gasteiger partial charge is 0.494 e. The standard InChI is InChI=1S/C22H26N4O4S2/c1-3-5-6-15-30-18-11-7-16(8-12-18)21(27)23-17-9-13-19(14-10-17)32(28,29)26-22-25-24-20(4-2)31-22/h7-14H,3-6,15H2,1-2H3,(H,23,27)(H,25,26). The molecule has 170 valence electrons. The third-order valence-electron chi connectivity index (χ3n) is 4.55. The van der Waals surface area contributed by atoms with Crippen molar-refractivity contribution in [3.63, 3.8) is 0 Å². The Morgan fingerprint density at radius 3 is 2.34 bits per heavy atom. The van der Waals surface area contributed by atoms with Gasteiger partial charge in [0.2, 0.25) is 5.13 Å². The summed E-state index contributed by atoms with van der Waals surface area (Å²) in [5, 5.41) is 11.5. The Bertz CT molecular complexity index is 1130. The molecule has 10 heteroatoms. The molecule has 0 unspecified atom stereocenters. The number of nitrogens with one attached hydrogen (secondary N) is 2. The number of carbonyl (C=O) groups is 1. The van der Waals surface area contributed by atoms with Gasteiger partial charge in [-0.2, -0.15) is 0 Å². The molecule has 1 heterocycles. The summed E-state index contributed by atoms with van der Waals surface area (Å²) in [4.78, 5) is 12.5. The molecule has 0 saturated heterocycles. The van der Waals surface area contributed by atoms with E-state index in [-0.39, 0.29) is 15.9 Å². The zero-order chi connectivity index (χ0) is 23.0. The van der Waals surface area contributed by atoms with Crippen LogP contribution < -0.4 is 14.8 Å². The number of aromatic nitrogens is 2. The second kappa shape index (κ2) is 11.1. The summed E-state index contributed by atoms with van der Waals surface area (Å²) in [7, 11) is -3.79. The van der Waals surface area contributed by atoms with Crippen molar-refractivity contribution in [2.45, 2.75) is 44.4 Å². The molecule has 0 atom stereocenters. The molecule has 1 aromatic heterocycles. The number of ether oxygens (including phenoxy) is 1. The second-order valence-electron chi connectivity index (χ2n) is 7.02. The van der Waals surface area contributed by atoms with Crippen molar-refractivity contribution in [1.82, 2.24) is 10.2 Å². The van der Waals surface area contributed by atoms with Crippen molar-refractivity contribution in [3.8, 4) is 5.75 Å². The molecular formula is C22H26N4O4S2. The molecule has 0 bridgehead atoms. The number of hydrogen-bond acceptors (Lipinski definition) is 7. The van der Waals surface area contributed by atoms with Gasteiger partial charge in [0, 0.05) is 11.3 Å². The number of rotatable bonds is 11. The van der Waals surface area contributed by atoms with E-state index in [1.165, 1.54) is 35.6 Å². The normalized spacial score (nSPS) is 11.2. The molecule has 0 saturated carbocycles. The van der Waals surface area contributed by atoms with Crippen LogP contribution >= 0.6 is 11.3 Å². The summed E-state index contributed by atoms with van der Waals surface area (Å²) >= 11 is 1.19. The van der Waals surface area contributed by atoms with Gasteiger partial charge in [-0.15, -0.1) is 10.2 Å². The Morgan fingerprint density at radius 1 is 1.00 bits per heavy atom. The van der Waals surface area contributed by atoms with E-state index in [0.29, 0.717) is 24.3 Å². The van der Waals surface area contributed by atoms with Crippen LogP contribution in [0.2, 0.25) is 0 Å². The van der Waals surface area contributed by atoms with Crippen LogP contribution in [0.1, 0.15) is 48.5 Å². The van der Waals surface area contributed by atoms with Gasteiger partial charge in [-0.1, -0.05) is 38.0 Å². The Hall–Kier alpha value is -2.98. The van der Waals surface area contributed by atoms with Gasteiger partial charge in [0.1, 0.15) is 10.8 Å². The van der Waals surface area contributed by atoms with Gasteiger partial charge in [-0.05, 0) is 61.4 Å². The van der Waals surface area contributed by atoms with E-state index in [4.69, 9.17) is 4.74 Å². The van der Waals surface area contributed by atoms with Gasteiger partial charge >= 0.3 is 0 Å². The highest BCUT2D eigenvalue weighted by molar-refractivity contribution is 7.93. The number of carbonyl (C=O) groups excluding carboxylic acids is 1. The van der Waals surface area contributed by atoms with Crippen molar-refractivity contribution in [1.29, 1.82) is 0 Å². The van der Waals surface area contributed by atoms with Crippen molar-refractivity contribution in [2.24, 2.45) is 0 Å². The summed E-state index contributed by atoms with van der Waals surface area (Å²) in [5.41, 5.74) is 0.963. The lowest BCUT2D eigenvalue weighted by Gasteiger charge is -2.09. The average Bonchev–Trinajstić information content (AvgIpc) is 3.24. The topological polar surface area (TPSA) is 110 Å². The molecule has 2 aromatic carbocycles. The third-order valence-corrected chi connectivity index (χ3v) is 7.01.